The Morgan fingerprint density at radius 1 is 1.45 bits per heavy atom. The number of aryl methyl sites for hydroxylation is 1. The molecule has 0 spiro atoms. The number of nitrogens with one attached hydrogen (secondary N) is 1. The van der Waals surface area contributed by atoms with Crippen LogP contribution < -0.4 is 10.9 Å². The summed E-state index contributed by atoms with van der Waals surface area (Å²) in [5.74, 6) is -1.17. The van der Waals surface area contributed by atoms with Gasteiger partial charge in [0.2, 0.25) is 0 Å². The quantitative estimate of drug-likeness (QED) is 0.832. The molecule has 0 aromatic carbocycles. The molecule has 1 saturated carbocycles. The number of hydrogen-bond donors (Lipinski definition) is 2. The molecule has 108 valence electrons. The standard InChI is InChI=1S/C14H18N2O4/c1-16-6-3-10(7-11(16)17)13(20)15-9-14(4-2-5-14)8-12(18)19/h3,6-7H,2,4-5,8-9H2,1H3,(H,15,20)(H,18,19). The lowest BCUT2D eigenvalue weighted by Crippen LogP contribution is -2.43. The second-order valence-corrected chi connectivity index (χ2v) is 5.47. The number of carbonyl (C=O) groups excluding carboxylic acids is 1. The van der Waals surface area contributed by atoms with Crippen LogP contribution in [0, 0.1) is 5.41 Å². The molecule has 1 aliphatic carbocycles. The van der Waals surface area contributed by atoms with Gasteiger partial charge in [-0.25, -0.2) is 0 Å². The van der Waals surface area contributed by atoms with Crippen LogP contribution in [-0.2, 0) is 11.8 Å². The van der Waals surface area contributed by atoms with Gasteiger partial charge in [-0.05, 0) is 24.3 Å². The second kappa shape index (κ2) is 5.48. The minimum absolute atomic E-state index is 0.0732. The largest absolute Gasteiger partial charge is 0.481 e. The molecular formula is C14H18N2O4. The van der Waals surface area contributed by atoms with Crippen molar-refractivity contribution in [2.24, 2.45) is 12.5 Å². The number of nitrogens with zero attached hydrogens (tertiary/aromatic N) is 1. The maximum atomic E-state index is 12.0. The van der Waals surface area contributed by atoms with Crippen molar-refractivity contribution in [3.8, 4) is 0 Å². The van der Waals surface area contributed by atoms with E-state index in [9.17, 15) is 14.4 Å². The summed E-state index contributed by atoms with van der Waals surface area (Å²) in [6.45, 7) is 0.341. The highest BCUT2D eigenvalue weighted by atomic mass is 16.4. The number of hydrogen-bond acceptors (Lipinski definition) is 3. The van der Waals surface area contributed by atoms with Crippen molar-refractivity contribution in [3.05, 3.63) is 34.2 Å². The van der Waals surface area contributed by atoms with Gasteiger partial charge in [0, 0.05) is 31.4 Å². The molecule has 1 amide bonds. The van der Waals surface area contributed by atoms with Gasteiger partial charge in [-0.15, -0.1) is 0 Å². The SMILES string of the molecule is Cn1ccc(C(=O)NCC2(CC(=O)O)CCC2)cc1=O. The minimum Gasteiger partial charge on any atom is -0.481 e. The van der Waals surface area contributed by atoms with Crippen LogP contribution in [0.15, 0.2) is 23.1 Å². The molecule has 0 bridgehead atoms. The number of pyridine rings is 1. The zero-order valence-electron chi connectivity index (χ0n) is 11.4. The summed E-state index contributed by atoms with van der Waals surface area (Å²) in [5.41, 5.74) is -0.263. The Kier molecular flexibility index (Phi) is 3.92. The Morgan fingerprint density at radius 3 is 2.65 bits per heavy atom. The van der Waals surface area contributed by atoms with Crippen molar-refractivity contribution >= 4 is 11.9 Å². The van der Waals surface area contributed by atoms with Crippen LogP contribution in [0.2, 0.25) is 0 Å². The van der Waals surface area contributed by atoms with Crippen LogP contribution in [0.4, 0.5) is 0 Å². The van der Waals surface area contributed by atoms with Crippen molar-refractivity contribution in [2.75, 3.05) is 6.54 Å². The maximum Gasteiger partial charge on any atom is 0.303 e. The van der Waals surface area contributed by atoms with Crippen LogP contribution >= 0.6 is 0 Å². The van der Waals surface area contributed by atoms with Gasteiger partial charge >= 0.3 is 5.97 Å². The first kappa shape index (κ1) is 14.3. The number of carboxylic acid groups (broad SMARTS) is 1. The smallest absolute Gasteiger partial charge is 0.303 e. The molecular weight excluding hydrogens is 260 g/mol. The molecule has 1 aliphatic rings. The summed E-state index contributed by atoms with van der Waals surface area (Å²) in [5, 5.41) is 11.6. The van der Waals surface area contributed by atoms with Crippen LogP contribution in [0.3, 0.4) is 0 Å². The monoisotopic (exact) mass is 278 g/mol. The van der Waals surface area contributed by atoms with E-state index in [1.807, 2.05) is 0 Å². The van der Waals surface area contributed by atoms with Crippen LogP contribution in [0.1, 0.15) is 36.0 Å². The van der Waals surface area contributed by atoms with E-state index in [1.54, 1.807) is 13.1 Å². The lowest BCUT2D eigenvalue weighted by molar-refractivity contribution is -0.141. The summed E-state index contributed by atoms with van der Waals surface area (Å²) in [6.07, 6.45) is 4.23. The summed E-state index contributed by atoms with van der Waals surface area (Å²) >= 11 is 0. The summed E-state index contributed by atoms with van der Waals surface area (Å²) in [6, 6.07) is 2.85. The van der Waals surface area contributed by atoms with Gasteiger partial charge in [0.1, 0.15) is 0 Å². The molecule has 20 heavy (non-hydrogen) atoms. The van der Waals surface area contributed by atoms with Gasteiger partial charge in [0.15, 0.2) is 0 Å². The predicted molar refractivity (Wildman–Crippen MR) is 72.6 cm³/mol. The Bertz CT molecular complexity index is 587. The zero-order valence-corrected chi connectivity index (χ0v) is 11.4. The molecule has 0 unspecified atom stereocenters. The van der Waals surface area contributed by atoms with E-state index in [1.165, 1.54) is 16.8 Å². The number of carbonyl (C=O) groups is 2. The topological polar surface area (TPSA) is 88.4 Å². The first-order chi connectivity index (χ1) is 9.42. The maximum absolute atomic E-state index is 12.0. The zero-order chi connectivity index (χ0) is 14.8. The first-order valence-electron chi connectivity index (χ1n) is 6.59. The number of carboxylic acids is 1. The molecule has 0 atom stereocenters. The lowest BCUT2D eigenvalue weighted by atomic mass is 9.66. The van der Waals surface area contributed by atoms with Gasteiger partial charge in [-0.3, -0.25) is 14.4 Å². The van der Waals surface area contributed by atoms with E-state index in [4.69, 9.17) is 5.11 Å². The highest BCUT2D eigenvalue weighted by molar-refractivity contribution is 5.94. The average Bonchev–Trinajstić information content (AvgIpc) is 2.35. The van der Waals surface area contributed by atoms with E-state index in [-0.39, 0.29) is 23.3 Å². The molecule has 1 heterocycles. The highest BCUT2D eigenvalue weighted by Gasteiger charge is 2.39. The Hall–Kier alpha value is -2.11. The Labute approximate surface area is 116 Å². The Morgan fingerprint density at radius 2 is 2.15 bits per heavy atom. The summed E-state index contributed by atoms with van der Waals surface area (Å²) in [4.78, 5) is 34.3. The third-order valence-electron chi connectivity index (χ3n) is 3.93. The highest BCUT2D eigenvalue weighted by Crippen LogP contribution is 2.43. The molecule has 1 aromatic rings. The van der Waals surface area contributed by atoms with Crippen LogP contribution in [0.25, 0.3) is 0 Å². The average molecular weight is 278 g/mol. The fourth-order valence-corrected chi connectivity index (χ4v) is 2.47. The molecule has 0 aliphatic heterocycles. The van der Waals surface area contributed by atoms with E-state index in [2.05, 4.69) is 5.32 Å². The van der Waals surface area contributed by atoms with Crippen molar-refractivity contribution in [1.29, 1.82) is 0 Å². The summed E-state index contributed by atoms with van der Waals surface area (Å²) < 4.78 is 1.38. The van der Waals surface area contributed by atoms with Crippen molar-refractivity contribution in [2.45, 2.75) is 25.7 Å². The van der Waals surface area contributed by atoms with E-state index in [0.717, 1.165) is 19.3 Å². The molecule has 0 saturated heterocycles. The third-order valence-corrected chi connectivity index (χ3v) is 3.93. The van der Waals surface area contributed by atoms with Crippen molar-refractivity contribution in [1.82, 2.24) is 9.88 Å². The molecule has 6 nitrogen and oxygen atoms in total. The molecule has 2 rings (SSSR count). The number of rotatable bonds is 5. The van der Waals surface area contributed by atoms with Gasteiger partial charge in [-0.1, -0.05) is 6.42 Å². The molecule has 1 fully saturated rings. The van der Waals surface area contributed by atoms with Crippen LogP contribution in [0.5, 0.6) is 0 Å². The number of aromatic nitrogens is 1. The normalized spacial score (nSPS) is 16.2. The molecule has 6 heteroatoms. The van der Waals surface area contributed by atoms with E-state index < -0.39 is 5.97 Å². The van der Waals surface area contributed by atoms with E-state index in [0.29, 0.717) is 12.1 Å². The molecule has 2 N–H and O–H groups in total. The van der Waals surface area contributed by atoms with Gasteiger partial charge < -0.3 is 15.0 Å². The first-order valence-corrected chi connectivity index (χ1v) is 6.59. The summed E-state index contributed by atoms with van der Waals surface area (Å²) in [7, 11) is 1.61. The number of amides is 1. The van der Waals surface area contributed by atoms with Crippen LogP contribution in [-0.4, -0.2) is 28.1 Å². The lowest BCUT2D eigenvalue weighted by Gasteiger charge is -2.40. The minimum atomic E-state index is -0.840. The fourth-order valence-electron chi connectivity index (χ4n) is 2.47. The molecule has 0 radical (unpaired) electrons. The fraction of sp³-hybridized carbons (Fsp3) is 0.500. The van der Waals surface area contributed by atoms with E-state index >= 15 is 0 Å². The Balaban J connectivity index is 1.99. The number of aliphatic carboxylic acids is 1. The van der Waals surface area contributed by atoms with Gasteiger partial charge in [-0.2, -0.15) is 0 Å². The second-order valence-electron chi connectivity index (χ2n) is 5.47. The van der Waals surface area contributed by atoms with Gasteiger partial charge in [0.05, 0.1) is 6.42 Å². The predicted octanol–water partition coefficient (Wildman–Crippen LogP) is 0.760. The van der Waals surface area contributed by atoms with Crippen molar-refractivity contribution in [3.63, 3.8) is 0 Å². The van der Waals surface area contributed by atoms with Crippen molar-refractivity contribution < 1.29 is 14.7 Å². The van der Waals surface area contributed by atoms with Gasteiger partial charge in [0.25, 0.3) is 11.5 Å². The molecule has 1 aromatic heterocycles. The third kappa shape index (κ3) is 3.07.